The van der Waals surface area contributed by atoms with E-state index in [0.29, 0.717) is 18.0 Å². The SMILES string of the molecule is CC(CBr)CCCNC(=O)Cc1ccccc1O. The van der Waals surface area contributed by atoms with E-state index in [4.69, 9.17) is 0 Å². The summed E-state index contributed by atoms with van der Waals surface area (Å²) in [5.74, 6) is 0.781. The van der Waals surface area contributed by atoms with E-state index >= 15 is 0 Å². The summed E-state index contributed by atoms with van der Waals surface area (Å²) in [4.78, 5) is 11.6. The molecule has 18 heavy (non-hydrogen) atoms. The molecule has 0 saturated carbocycles. The minimum atomic E-state index is -0.0389. The van der Waals surface area contributed by atoms with Gasteiger partial charge in [-0.1, -0.05) is 41.1 Å². The molecule has 0 aliphatic heterocycles. The number of hydrogen-bond donors (Lipinski definition) is 2. The highest BCUT2D eigenvalue weighted by atomic mass is 79.9. The average Bonchev–Trinajstić information content (AvgIpc) is 2.37. The van der Waals surface area contributed by atoms with Gasteiger partial charge < -0.3 is 10.4 Å². The molecule has 2 N–H and O–H groups in total. The van der Waals surface area contributed by atoms with Gasteiger partial charge in [-0.3, -0.25) is 4.79 Å². The first kappa shape index (κ1) is 15.0. The van der Waals surface area contributed by atoms with Crippen molar-refractivity contribution in [2.24, 2.45) is 5.92 Å². The summed E-state index contributed by atoms with van der Waals surface area (Å²) in [6, 6.07) is 6.93. The predicted octanol–water partition coefficient (Wildman–Crippen LogP) is 2.86. The lowest BCUT2D eigenvalue weighted by molar-refractivity contribution is -0.120. The largest absolute Gasteiger partial charge is 0.508 e. The van der Waals surface area contributed by atoms with Crippen molar-refractivity contribution >= 4 is 21.8 Å². The van der Waals surface area contributed by atoms with Crippen molar-refractivity contribution in [1.82, 2.24) is 5.32 Å². The summed E-state index contributed by atoms with van der Waals surface area (Å²) >= 11 is 3.43. The van der Waals surface area contributed by atoms with Gasteiger partial charge in [0.15, 0.2) is 0 Å². The van der Waals surface area contributed by atoms with Crippen LogP contribution < -0.4 is 5.32 Å². The molecular weight excluding hydrogens is 294 g/mol. The molecule has 0 heterocycles. The molecule has 1 amide bonds. The van der Waals surface area contributed by atoms with Gasteiger partial charge in [-0.05, 0) is 24.8 Å². The zero-order valence-electron chi connectivity index (χ0n) is 10.7. The number of carbonyl (C=O) groups excluding carboxylic acids is 1. The number of phenolic OH excluding ortho intramolecular Hbond substituents is 1. The van der Waals surface area contributed by atoms with Crippen LogP contribution in [0.1, 0.15) is 25.3 Å². The van der Waals surface area contributed by atoms with Crippen molar-refractivity contribution in [2.75, 3.05) is 11.9 Å². The van der Waals surface area contributed by atoms with E-state index in [1.807, 2.05) is 6.07 Å². The van der Waals surface area contributed by atoms with E-state index in [2.05, 4.69) is 28.2 Å². The fourth-order valence-electron chi connectivity index (χ4n) is 1.65. The fraction of sp³-hybridized carbons (Fsp3) is 0.500. The van der Waals surface area contributed by atoms with E-state index in [0.717, 1.165) is 18.2 Å². The summed E-state index contributed by atoms with van der Waals surface area (Å²) in [5, 5.41) is 13.4. The third-order valence-electron chi connectivity index (χ3n) is 2.80. The van der Waals surface area contributed by atoms with Crippen LogP contribution in [0.3, 0.4) is 0 Å². The van der Waals surface area contributed by atoms with E-state index in [1.165, 1.54) is 0 Å². The summed E-state index contributed by atoms with van der Waals surface area (Å²) < 4.78 is 0. The molecule has 0 aliphatic rings. The van der Waals surface area contributed by atoms with Gasteiger partial charge in [0.2, 0.25) is 5.91 Å². The zero-order valence-corrected chi connectivity index (χ0v) is 12.2. The molecule has 0 spiro atoms. The summed E-state index contributed by atoms with van der Waals surface area (Å²) in [7, 11) is 0. The van der Waals surface area contributed by atoms with Crippen LogP contribution in [-0.4, -0.2) is 22.9 Å². The first-order chi connectivity index (χ1) is 8.63. The van der Waals surface area contributed by atoms with Crippen LogP contribution in [0.25, 0.3) is 0 Å². The Kier molecular flexibility index (Phi) is 6.80. The van der Waals surface area contributed by atoms with Crippen molar-refractivity contribution in [2.45, 2.75) is 26.2 Å². The van der Waals surface area contributed by atoms with Gasteiger partial charge in [0.25, 0.3) is 0 Å². The molecule has 0 bridgehead atoms. The van der Waals surface area contributed by atoms with Gasteiger partial charge in [0.1, 0.15) is 5.75 Å². The number of rotatable bonds is 7. The molecule has 1 aromatic carbocycles. The first-order valence-corrected chi connectivity index (χ1v) is 7.35. The Morgan fingerprint density at radius 1 is 1.44 bits per heavy atom. The number of benzene rings is 1. The third-order valence-corrected chi connectivity index (χ3v) is 3.91. The Hall–Kier alpha value is -1.03. The number of hydrogen-bond acceptors (Lipinski definition) is 2. The minimum Gasteiger partial charge on any atom is -0.508 e. The van der Waals surface area contributed by atoms with Gasteiger partial charge >= 0.3 is 0 Å². The lowest BCUT2D eigenvalue weighted by Gasteiger charge is -2.09. The van der Waals surface area contributed by atoms with E-state index in [1.54, 1.807) is 18.2 Å². The van der Waals surface area contributed by atoms with Crippen molar-refractivity contribution in [3.63, 3.8) is 0 Å². The van der Waals surface area contributed by atoms with Gasteiger partial charge in [0.05, 0.1) is 6.42 Å². The molecule has 1 aromatic rings. The maximum Gasteiger partial charge on any atom is 0.224 e. The van der Waals surface area contributed by atoms with Crippen LogP contribution in [0.5, 0.6) is 5.75 Å². The van der Waals surface area contributed by atoms with Crippen LogP contribution in [0.2, 0.25) is 0 Å². The Morgan fingerprint density at radius 3 is 2.83 bits per heavy atom. The molecule has 100 valence electrons. The number of nitrogens with one attached hydrogen (secondary N) is 1. The second kappa shape index (κ2) is 8.14. The van der Waals surface area contributed by atoms with Gasteiger partial charge in [0, 0.05) is 17.4 Å². The number of phenols is 1. The molecule has 1 rings (SSSR count). The normalized spacial score (nSPS) is 12.1. The molecular formula is C14H20BrNO2. The Balaban J connectivity index is 2.24. The van der Waals surface area contributed by atoms with E-state index < -0.39 is 0 Å². The van der Waals surface area contributed by atoms with Crippen LogP contribution in [0.15, 0.2) is 24.3 Å². The minimum absolute atomic E-state index is 0.0389. The van der Waals surface area contributed by atoms with Gasteiger partial charge in [-0.2, -0.15) is 0 Å². The highest BCUT2D eigenvalue weighted by molar-refractivity contribution is 9.09. The molecule has 0 aliphatic carbocycles. The number of para-hydroxylation sites is 1. The topological polar surface area (TPSA) is 49.3 Å². The van der Waals surface area contributed by atoms with Crippen LogP contribution in [0, 0.1) is 5.92 Å². The van der Waals surface area contributed by atoms with E-state index in [9.17, 15) is 9.90 Å². The fourth-order valence-corrected chi connectivity index (χ4v) is 1.98. The Morgan fingerprint density at radius 2 is 2.17 bits per heavy atom. The molecule has 0 radical (unpaired) electrons. The van der Waals surface area contributed by atoms with Crippen LogP contribution in [0.4, 0.5) is 0 Å². The molecule has 4 heteroatoms. The Labute approximate surface area is 117 Å². The Bertz CT molecular complexity index is 382. The van der Waals surface area contributed by atoms with Crippen LogP contribution >= 0.6 is 15.9 Å². The second-order valence-corrected chi connectivity index (χ2v) is 5.20. The van der Waals surface area contributed by atoms with Crippen molar-refractivity contribution in [1.29, 1.82) is 0 Å². The van der Waals surface area contributed by atoms with Crippen molar-refractivity contribution < 1.29 is 9.90 Å². The lowest BCUT2D eigenvalue weighted by Crippen LogP contribution is -2.26. The number of alkyl halides is 1. The predicted molar refractivity (Wildman–Crippen MR) is 77.0 cm³/mol. The van der Waals surface area contributed by atoms with Gasteiger partial charge in [-0.15, -0.1) is 0 Å². The number of halogens is 1. The molecule has 0 fully saturated rings. The third kappa shape index (κ3) is 5.54. The maximum absolute atomic E-state index is 11.6. The zero-order chi connectivity index (χ0) is 13.4. The monoisotopic (exact) mass is 313 g/mol. The first-order valence-electron chi connectivity index (χ1n) is 6.23. The number of aromatic hydroxyl groups is 1. The molecule has 1 unspecified atom stereocenters. The summed E-state index contributed by atoms with van der Waals surface area (Å²) in [6.07, 6.45) is 2.32. The lowest BCUT2D eigenvalue weighted by atomic mass is 10.1. The summed E-state index contributed by atoms with van der Waals surface area (Å²) in [6.45, 7) is 2.88. The van der Waals surface area contributed by atoms with Crippen molar-refractivity contribution in [3.05, 3.63) is 29.8 Å². The highest BCUT2D eigenvalue weighted by Gasteiger charge is 2.06. The highest BCUT2D eigenvalue weighted by Crippen LogP contribution is 2.15. The molecule has 1 atom stereocenters. The number of carbonyl (C=O) groups is 1. The molecule has 0 aromatic heterocycles. The maximum atomic E-state index is 11.6. The number of amides is 1. The van der Waals surface area contributed by atoms with Crippen LogP contribution in [-0.2, 0) is 11.2 Å². The second-order valence-electron chi connectivity index (χ2n) is 4.56. The smallest absolute Gasteiger partial charge is 0.224 e. The summed E-state index contributed by atoms with van der Waals surface area (Å²) in [5.41, 5.74) is 0.670. The standard InChI is InChI=1S/C14H20BrNO2/c1-11(10-15)5-4-8-16-14(18)9-12-6-2-3-7-13(12)17/h2-3,6-7,11,17H,4-5,8-10H2,1H3,(H,16,18). The van der Waals surface area contributed by atoms with E-state index in [-0.39, 0.29) is 18.1 Å². The average molecular weight is 314 g/mol. The van der Waals surface area contributed by atoms with Gasteiger partial charge in [-0.25, -0.2) is 0 Å². The van der Waals surface area contributed by atoms with Crippen molar-refractivity contribution in [3.8, 4) is 5.75 Å². The quantitative estimate of drug-likeness (QED) is 0.600. The molecule has 3 nitrogen and oxygen atoms in total. The molecule has 0 saturated heterocycles.